The second-order valence-electron chi connectivity index (χ2n) is 8.56. The Morgan fingerprint density at radius 1 is 1.00 bits per heavy atom. The van der Waals surface area contributed by atoms with Crippen molar-refractivity contribution in [2.45, 2.75) is 64.6 Å². The van der Waals surface area contributed by atoms with Crippen LogP contribution < -0.4 is 9.47 Å². The van der Waals surface area contributed by atoms with Crippen LogP contribution in [0.25, 0.3) is 10.8 Å². The Labute approximate surface area is 161 Å². The van der Waals surface area contributed by atoms with Gasteiger partial charge >= 0.3 is 0 Å². The largest absolute Gasteiger partial charge is 0.490 e. The molecular weight excluding hydrogens is 340 g/mol. The molecule has 0 aromatic heterocycles. The van der Waals surface area contributed by atoms with Crippen LogP contribution in [0.5, 0.6) is 11.5 Å². The fraction of sp³-hybridized carbons (Fsp3) is 0.565. The lowest BCUT2D eigenvalue weighted by Crippen LogP contribution is -2.18. The van der Waals surface area contributed by atoms with Crippen LogP contribution in [0.1, 0.15) is 62.1 Å². The lowest BCUT2D eigenvalue weighted by molar-refractivity contribution is 0.120. The zero-order valence-corrected chi connectivity index (χ0v) is 16.7. The maximum atomic E-state index is 9.80. The van der Waals surface area contributed by atoms with Crippen molar-refractivity contribution in [3.8, 4) is 11.5 Å². The van der Waals surface area contributed by atoms with Crippen LogP contribution in [0, 0.1) is 12.8 Å². The molecule has 2 bridgehead atoms. The summed E-state index contributed by atoms with van der Waals surface area (Å²) in [5.41, 5.74) is 3.70. The summed E-state index contributed by atoms with van der Waals surface area (Å²) < 4.78 is 12.4. The molecule has 4 nitrogen and oxygen atoms in total. The van der Waals surface area contributed by atoms with E-state index in [1.54, 1.807) is 13.8 Å². The summed E-state index contributed by atoms with van der Waals surface area (Å²) in [7, 11) is 0. The molecule has 1 fully saturated rings. The number of aryl methyl sites for hydroxylation is 1. The van der Waals surface area contributed by atoms with Gasteiger partial charge in [-0.05, 0) is 56.9 Å². The molecular formula is C23H30O4. The average molecular weight is 370 g/mol. The van der Waals surface area contributed by atoms with E-state index in [2.05, 4.69) is 26.0 Å². The second kappa shape index (κ2) is 6.99. The standard InChI is InChI=1S/C23H30O4/c1-12-6-5-7-17-19(12)23(27-11-15(4)25)20-16-8-13(2)18(9-16)21(20)22(17)26-10-14(3)24/h5-7,13-16,18,24-25H,8-11H2,1-4H3. The third-order valence-electron chi connectivity index (χ3n) is 6.12. The van der Waals surface area contributed by atoms with E-state index >= 15 is 0 Å². The maximum absolute atomic E-state index is 9.80. The van der Waals surface area contributed by atoms with Crippen molar-refractivity contribution in [1.82, 2.24) is 0 Å². The number of ether oxygens (including phenoxy) is 2. The van der Waals surface area contributed by atoms with Gasteiger partial charge in [-0.1, -0.05) is 25.1 Å². The number of aliphatic hydroxyl groups is 2. The van der Waals surface area contributed by atoms with Gasteiger partial charge in [0.2, 0.25) is 0 Å². The second-order valence-corrected chi connectivity index (χ2v) is 8.56. The highest BCUT2D eigenvalue weighted by molar-refractivity contribution is 5.99. The summed E-state index contributed by atoms with van der Waals surface area (Å²) in [5.74, 6) is 3.45. The van der Waals surface area contributed by atoms with E-state index in [-0.39, 0.29) is 13.2 Å². The fourth-order valence-corrected chi connectivity index (χ4v) is 5.06. The van der Waals surface area contributed by atoms with E-state index in [1.165, 1.54) is 17.5 Å². The van der Waals surface area contributed by atoms with Crippen LogP contribution in [-0.2, 0) is 0 Å². The van der Waals surface area contributed by atoms with Gasteiger partial charge in [0.25, 0.3) is 0 Å². The van der Waals surface area contributed by atoms with Crippen molar-refractivity contribution < 1.29 is 19.7 Å². The number of hydrogen-bond acceptors (Lipinski definition) is 4. The van der Waals surface area contributed by atoms with Gasteiger partial charge in [-0.25, -0.2) is 0 Å². The monoisotopic (exact) mass is 370 g/mol. The van der Waals surface area contributed by atoms with Crippen molar-refractivity contribution in [1.29, 1.82) is 0 Å². The summed E-state index contributed by atoms with van der Waals surface area (Å²) in [4.78, 5) is 0. The summed E-state index contributed by atoms with van der Waals surface area (Å²) in [6, 6.07) is 6.23. The zero-order chi connectivity index (χ0) is 19.3. The van der Waals surface area contributed by atoms with Crippen LogP contribution in [0.3, 0.4) is 0 Å². The molecule has 2 aliphatic rings. The van der Waals surface area contributed by atoms with E-state index in [4.69, 9.17) is 9.47 Å². The Morgan fingerprint density at radius 3 is 2.33 bits per heavy atom. The van der Waals surface area contributed by atoms with E-state index in [0.29, 0.717) is 17.8 Å². The van der Waals surface area contributed by atoms with Gasteiger partial charge in [0, 0.05) is 21.9 Å². The van der Waals surface area contributed by atoms with Crippen LogP contribution in [0.4, 0.5) is 0 Å². The molecule has 2 N–H and O–H groups in total. The molecule has 2 aliphatic carbocycles. The van der Waals surface area contributed by atoms with Crippen LogP contribution in [0.15, 0.2) is 18.2 Å². The number of hydrogen-bond donors (Lipinski definition) is 2. The Kier molecular flexibility index (Phi) is 4.81. The van der Waals surface area contributed by atoms with Crippen molar-refractivity contribution in [3.05, 3.63) is 34.9 Å². The Bertz CT molecular complexity index is 855. The highest BCUT2D eigenvalue weighted by atomic mass is 16.5. The number of rotatable bonds is 6. The van der Waals surface area contributed by atoms with Crippen LogP contribution in [-0.4, -0.2) is 35.6 Å². The summed E-state index contributed by atoms with van der Waals surface area (Å²) in [6.07, 6.45) is 1.30. The summed E-state index contributed by atoms with van der Waals surface area (Å²) in [6.45, 7) is 8.50. The molecule has 4 heteroatoms. The number of fused-ring (bicyclic) bond motifs is 6. The minimum Gasteiger partial charge on any atom is -0.490 e. The molecule has 4 rings (SSSR count). The minimum absolute atomic E-state index is 0.287. The van der Waals surface area contributed by atoms with Crippen molar-refractivity contribution in [3.63, 3.8) is 0 Å². The SMILES string of the molecule is Cc1cccc2c(OCC(C)O)c3c(c(OCC(C)O)c12)C1CC(C)C3C1. The topological polar surface area (TPSA) is 58.9 Å². The molecule has 27 heavy (non-hydrogen) atoms. The summed E-state index contributed by atoms with van der Waals surface area (Å²) >= 11 is 0. The molecule has 0 amide bonds. The van der Waals surface area contributed by atoms with Crippen molar-refractivity contribution in [2.75, 3.05) is 13.2 Å². The first-order chi connectivity index (χ1) is 12.9. The molecule has 0 spiro atoms. The molecule has 0 aliphatic heterocycles. The highest BCUT2D eigenvalue weighted by Gasteiger charge is 2.46. The predicted molar refractivity (Wildman–Crippen MR) is 107 cm³/mol. The molecule has 0 radical (unpaired) electrons. The first-order valence-corrected chi connectivity index (χ1v) is 10.1. The molecule has 0 heterocycles. The number of aliphatic hydroxyl groups excluding tert-OH is 2. The average Bonchev–Trinajstić information content (AvgIpc) is 3.15. The smallest absolute Gasteiger partial charge is 0.131 e. The Balaban J connectivity index is 1.97. The molecule has 2 aromatic rings. The highest BCUT2D eigenvalue weighted by Crippen LogP contribution is 2.63. The Morgan fingerprint density at radius 2 is 1.67 bits per heavy atom. The fourth-order valence-electron chi connectivity index (χ4n) is 5.06. The molecule has 2 aromatic carbocycles. The van der Waals surface area contributed by atoms with E-state index in [0.717, 1.165) is 34.3 Å². The van der Waals surface area contributed by atoms with Crippen molar-refractivity contribution in [2.24, 2.45) is 5.92 Å². The molecule has 5 unspecified atom stereocenters. The van der Waals surface area contributed by atoms with Gasteiger partial charge in [-0.3, -0.25) is 0 Å². The molecule has 0 saturated heterocycles. The van der Waals surface area contributed by atoms with Crippen LogP contribution >= 0.6 is 0 Å². The zero-order valence-electron chi connectivity index (χ0n) is 16.7. The van der Waals surface area contributed by atoms with Gasteiger partial charge < -0.3 is 19.7 Å². The van der Waals surface area contributed by atoms with Gasteiger partial charge in [0.15, 0.2) is 0 Å². The third kappa shape index (κ3) is 3.09. The molecule has 1 saturated carbocycles. The van der Waals surface area contributed by atoms with Gasteiger partial charge in [-0.2, -0.15) is 0 Å². The number of benzene rings is 2. The van der Waals surface area contributed by atoms with Crippen LogP contribution in [0.2, 0.25) is 0 Å². The first-order valence-electron chi connectivity index (χ1n) is 10.1. The van der Waals surface area contributed by atoms with Gasteiger partial charge in [0.05, 0.1) is 12.2 Å². The van der Waals surface area contributed by atoms with E-state index < -0.39 is 12.2 Å². The maximum Gasteiger partial charge on any atom is 0.131 e. The normalized spacial score (nSPS) is 25.5. The predicted octanol–water partition coefficient (Wildman–Crippen LogP) is 4.28. The van der Waals surface area contributed by atoms with Gasteiger partial charge in [-0.15, -0.1) is 0 Å². The first kappa shape index (κ1) is 18.6. The quantitative estimate of drug-likeness (QED) is 0.797. The molecule has 146 valence electrons. The Hall–Kier alpha value is -1.78. The summed E-state index contributed by atoms with van der Waals surface area (Å²) in [5, 5.41) is 21.7. The van der Waals surface area contributed by atoms with E-state index in [9.17, 15) is 10.2 Å². The lowest BCUT2D eigenvalue weighted by atomic mass is 9.81. The third-order valence-corrected chi connectivity index (χ3v) is 6.12. The minimum atomic E-state index is -0.511. The van der Waals surface area contributed by atoms with Gasteiger partial charge in [0.1, 0.15) is 24.7 Å². The molecule has 5 atom stereocenters. The van der Waals surface area contributed by atoms with E-state index in [1.807, 2.05) is 6.07 Å². The van der Waals surface area contributed by atoms with Crippen molar-refractivity contribution >= 4 is 10.8 Å². The lowest BCUT2D eigenvalue weighted by Gasteiger charge is -2.29.